The summed E-state index contributed by atoms with van der Waals surface area (Å²) in [5.41, 5.74) is 8.22. The zero-order valence-electron chi connectivity index (χ0n) is 16.0. The van der Waals surface area contributed by atoms with E-state index in [1.165, 1.54) is 22.1 Å². The highest BCUT2D eigenvalue weighted by molar-refractivity contribution is 6.30. The van der Waals surface area contributed by atoms with Crippen molar-refractivity contribution in [2.75, 3.05) is 14.2 Å². The lowest BCUT2D eigenvalue weighted by Gasteiger charge is -2.18. The van der Waals surface area contributed by atoms with Crippen molar-refractivity contribution in [2.45, 2.75) is 12.8 Å². The molecule has 1 aromatic heterocycles. The molecule has 0 radical (unpaired) electrons. The van der Waals surface area contributed by atoms with E-state index in [0.717, 1.165) is 38.9 Å². The van der Waals surface area contributed by atoms with Gasteiger partial charge in [0.05, 0.1) is 14.2 Å². The summed E-state index contributed by atoms with van der Waals surface area (Å²) in [4.78, 5) is 3.54. The molecule has 28 heavy (non-hydrogen) atoms. The lowest BCUT2D eigenvalue weighted by Crippen LogP contribution is -2.03. The standard InChI is InChI=1S/C24H20ClNO2/c1-13-22(17-6-4-5-7-20(17)26-13)24-18-10-14(25)8-9-16(18)19-11-15(27-2)12-21(28-3)23(19)24/h4-12,24,26H,1-3H3/t24-/m0/s1. The van der Waals surface area contributed by atoms with Gasteiger partial charge in [0.1, 0.15) is 11.5 Å². The predicted octanol–water partition coefficient (Wildman–Crippen LogP) is 6.31. The zero-order chi connectivity index (χ0) is 19.4. The minimum atomic E-state index is 0.0423. The number of benzene rings is 3. The highest BCUT2D eigenvalue weighted by atomic mass is 35.5. The maximum absolute atomic E-state index is 6.42. The maximum Gasteiger partial charge on any atom is 0.127 e. The van der Waals surface area contributed by atoms with Crippen LogP contribution in [-0.4, -0.2) is 19.2 Å². The average Bonchev–Trinajstić information content (AvgIpc) is 3.20. The van der Waals surface area contributed by atoms with Crippen molar-refractivity contribution in [1.82, 2.24) is 4.98 Å². The van der Waals surface area contributed by atoms with Crippen molar-refractivity contribution in [3.8, 4) is 22.6 Å². The highest BCUT2D eigenvalue weighted by Crippen LogP contribution is 2.55. The van der Waals surface area contributed by atoms with Crippen LogP contribution in [0.5, 0.6) is 11.5 Å². The second-order valence-electron chi connectivity index (χ2n) is 7.16. The van der Waals surface area contributed by atoms with Crippen LogP contribution in [0.3, 0.4) is 0 Å². The van der Waals surface area contributed by atoms with Gasteiger partial charge in [-0.3, -0.25) is 0 Å². The zero-order valence-corrected chi connectivity index (χ0v) is 16.7. The van der Waals surface area contributed by atoms with Crippen LogP contribution in [0.25, 0.3) is 22.0 Å². The first-order chi connectivity index (χ1) is 13.6. The predicted molar refractivity (Wildman–Crippen MR) is 114 cm³/mol. The number of aromatic amines is 1. The molecule has 3 nitrogen and oxygen atoms in total. The van der Waals surface area contributed by atoms with E-state index in [1.807, 2.05) is 12.1 Å². The number of rotatable bonds is 3. The number of hydrogen-bond acceptors (Lipinski definition) is 2. The molecular weight excluding hydrogens is 370 g/mol. The van der Waals surface area contributed by atoms with Gasteiger partial charge < -0.3 is 14.5 Å². The highest BCUT2D eigenvalue weighted by Gasteiger charge is 2.36. The van der Waals surface area contributed by atoms with E-state index >= 15 is 0 Å². The molecule has 0 amide bonds. The summed E-state index contributed by atoms with van der Waals surface area (Å²) in [6.45, 7) is 2.13. The van der Waals surface area contributed by atoms with Gasteiger partial charge in [0.25, 0.3) is 0 Å². The fraction of sp³-hybridized carbons (Fsp3) is 0.167. The number of H-pyrrole nitrogens is 1. The molecular formula is C24H20ClNO2. The molecule has 0 spiro atoms. The summed E-state index contributed by atoms with van der Waals surface area (Å²) in [7, 11) is 3.39. The second-order valence-corrected chi connectivity index (χ2v) is 7.60. The maximum atomic E-state index is 6.42. The third-order valence-corrected chi connectivity index (χ3v) is 5.94. The van der Waals surface area contributed by atoms with Crippen LogP contribution in [0, 0.1) is 6.92 Å². The van der Waals surface area contributed by atoms with Crippen molar-refractivity contribution in [3.63, 3.8) is 0 Å². The molecule has 0 aliphatic heterocycles. The minimum Gasteiger partial charge on any atom is -0.497 e. The number of methoxy groups -OCH3 is 2. The molecule has 1 heterocycles. The average molecular weight is 390 g/mol. The van der Waals surface area contributed by atoms with Gasteiger partial charge in [0, 0.05) is 39.2 Å². The fourth-order valence-electron chi connectivity index (χ4n) is 4.55. The van der Waals surface area contributed by atoms with Crippen molar-refractivity contribution in [1.29, 1.82) is 0 Å². The van der Waals surface area contributed by atoms with Gasteiger partial charge in [-0.05, 0) is 53.4 Å². The first-order valence-corrected chi connectivity index (χ1v) is 9.63. The Morgan fingerprint density at radius 1 is 0.893 bits per heavy atom. The molecule has 4 heteroatoms. The molecule has 0 bridgehead atoms. The third-order valence-electron chi connectivity index (χ3n) is 5.71. The quantitative estimate of drug-likeness (QED) is 0.392. The normalized spacial score (nSPS) is 14.8. The van der Waals surface area contributed by atoms with Crippen molar-refractivity contribution in [3.05, 3.63) is 82.0 Å². The number of nitrogens with one attached hydrogen (secondary N) is 1. The van der Waals surface area contributed by atoms with E-state index in [-0.39, 0.29) is 5.92 Å². The Labute approximate surface area is 168 Å². The topological polar surface area (TPSA) is 34.2 Å². The number of aromatic nitrogens is 1. The molecule has 1 aliphatic rings. The van der Waals surface area contributed by atoms with Crippen LogP contribution in [0.4, 0.5) is 0 Å². The fourth-order valence-corrected chi connectivity index (χ4v) is 4.73. The smallest absolute Gasteiger partial charge is 0.127 e. The van der Waals surface area contributed by atoms with Crippen molar-refractivity contribution in [2.24, 2.45) is 0 Å². The molecule has 1 atom stereocenters. The minimum absolute atomic E-state index is 0.0423. The van der Waals surface area contributed by atoms with Crippen LogP contribution >= 0.6 is 11.6 Å². The molecule has 4 aromatic rings. The van der Waals surface area contributed by atoms with Gasteiger partial charge in [-0.1, -0.05) is 35.9 Å². The molecule has 1 aliphatic carbocycles. The van der Waals surface area contributed by atoms with Crippen molar-refractivity contribution < 1.29 is 9.47 Å². The van der Waals surface area contributed by atoms with E-state index in [2.05, 4.69) is 54.4 Å². The summed E-state index contributed by atoms with van der Waals surface area (Å²) < 4.78 is 11.3. The number of aryl methyl sites for hydroxylation is 1. The SMILES string of the molecule is COc1cc(OC)c2c(c1)-c1ccc(Cl)cc1[C@H]2c1c(C)[nH]c2ccccc12. The van der Waals surface area contributed by atoms with Crippen LogP contribution in [0.2, 0.25) is 5.02 Å². The Morgan fingerprint density at radius 2 is 1.71 bits per heavy atom. The summed E-state index contributed by atoms with van der Waals surface area (Å²) in [6.07, 6.45) is 0. The summed E-state index contributed by atoms with van der Waals surface area (Å²) in [6, 6.07) is 18.6. The van der Waals surface area contributed by atoms with Gasteiger partial charge in [-0.25, -0.2) is 0 Å². The van der Waals surface area contributed by atoms with Crippen LogP contribution in [0.1, 0.15) is 28.3 Å². The number of para-hydroxylation sites is 1. The summed E-state index contributed by atoms with van der Waals surface area (Å²) in [5.74, 6) is 1.66. The first kappa shape index (κ1) is 17.2. The Balaban J connectivity index is 1.89. The van der Waals surface area contributed by atoms with E-state index in [4.69, 9.17) is 21.1 Å². The molecule has 3 aromatic carbocycles. The molecule has 0 unspecified atom stereocenters. The number of fused-ring (bicyclic) bond motifs is 4. The molecule has 140 valence electrons. The number of hydrogen-bond donors (Lipinski definition) is 1. The largest absolute Gasteiger partial charge is 0.497 e. The van der Waals surface area contributed by atoms with Crippen LogP contribution in [-0.2, 0) is 0 Å². The van der Waals surface area contributed by atoms with Gasteiger partial charge in [-0.15, -0.1) is 0 Å². The second kappa shape index (κ2) is 6.32. The Bertz CT molecular complexity index is 1220. The van der Waals surface area contributed by atoms with Gasteiger partial charge in [0.15, 0.2) is 0 Å². The van der Waals surface area contributed by atoms with E-state index in [0.29, 0.717) is 0 Å². The summed E-state index contributed by atoms with van der Waals surface area (Å²) >= 11 is 6.42. The molecule has 0 saturated heterocycles. The van der Waals surface area contributed by atoms with Gasteiger partial charge in [-0.2, -0.15) is 0 Å². The lowest BCUT2D eigenvalue weighted by atomic mass is 9.87. The Morgan fingerprint density at radius 3 is 2.50 bits per heavy atom. The molecule has 0 saturated carbocycles. The van der Waals surface area contributed by atoms with Crippen molar-refractivity contribution >= 4 is 22.5 Å². The van der Waals surface area contributed by atoms with Gasteiger partial charge in [0.2, 0.25) is 0 Å². The van der Waals surface area contributed by atoms with E-state index < -0.39 is 0 Å². The Hall–Kier alpha value is -2.91. The number of halogens is 1. The lowest BCUT2D eigenvalue weighted by molar-refractivity contribution is 0.391. The van der Waals surface area contributed by atoms with E-state index in [9.17, 15) is 0 Å². The number of ether oxygens (including phenoxy) is 2. The van der Waals surface area contributed by atoms with E-state index in [1.54, 1.807) is 14.2 Å². The molecule has 1 N–H and O–H groups in total. The van der Waals surface area contributed by atoms with Gasteiger partial charge >= 0.3 is 0 Å². The first-order valence-electron chi connectivity index (χ1n) is 9.25. The molecule has 0 fully saturated rings. The monoisotopic (exact) mass is 389 g/mol. The Kier molecular flexibility index (Phi) is 3.88. The molecule has 5 rings (SSSR count). The van der Waals surface area contributed by atoms with Crippen LogP contribution < -0.4 is 9.47 Å². The summed E-state index contributed by atoms with van der Waals surface area (Å²) in [5, 5.41) is 1.96. The van der Waals surface area contributed by atoms with Crippen LogP contribution in [0.15, 0.2) is 54.6 Å². The third kappa shape index (κ3) is 2.36.